The van der Waals surface area contributed by atoms with Crippen molar-refractivity contribution in [3.63, 3.8) is 0 Å². The summed E-state index contributed by atoms with van der Waals surface area (Å²) in [7, 11) is -6.90. The van der Waals surface area contributed by atoms with Crippen LogP contribution in [0.3, 0.4) is 0 Å². The summed E-state index contributed by atoms with van der Waals surface area (Å²) in [4.78, 5) is 0. The number of halogens is 3. The minimum Gasteiger partial charge on any atom is -0.380 e. The summed E-state index contributed by atoms with van der Waals surface area (Å²) in [6.45, 7) is -2.82. The summed E-state index contributed by atoms with van der Waals surface area (Å²) >= 11 is 0. The molecule has 31 heavy (non-hydrogen) atoms. The Morgan fingerprint density at radius 2 is 1.97 bits per heavy atom. The molecule has 7 atom stereocenters. The Hall–Kier alpha value is -0.540. The molecular weight excluding hydrogens is 437 g/mol. The number of piperidine rings is 1. The SMILES string of the molecule is [2H]C([2H])([2H])OC1CCC2CNN(C([2H])([2H])[2H])C2C1NS(=O)(=O)C1CCC(N2CC(C(F)(F)F)CN2)NC1. The summed E-state index contributed by atoms with van der Waals surface area (Å²) in [6.07, 6.45) is -4.78. The Bertz CT molecular complexity index is 918. The second kappa shape index (κ2) is 9.01. The number of nitrogens with one attached hydrogen (secondary N) is 4. The van der Waals surface area contributed by atoms with E-state index < -0.39 is 65.7 Å². The van der Waals surface area contributed by atoms with Gasteiger partial charge in [-0.25, -0.2) is 23.2 Å². The van der Waals surface area contributed by atoms with E-state index in [0.29, 0.717) is 13.0 Å². The second-order valence-corrected chi connectivity index (χ2v) is 10.8. The minimum atomic E-state index is -4.32. The van der Waals surface area contributed by atoms with Crippen LogP contribution in [-0.2, 0) is 14.8 Å². The molecule has 0 aromatic heterocycles. The molecule has 0 aromatic rings. The van der Waals surface area contributed by atoms with Crippen LogP contribution < -0.4 is 20.9 Å². The largest absolute Gasteiger partial charge is 0.394 e. The minimum absolute atomic E-state index is 0.0400. The molecule has 7 unspecified atom stereocenters. The van der Waals surface area contributed by atoms with Crippen molar-refractivity contribution in [3.05, 3.63) is 0 Å². The predicted molar refractivity (Wildman–Crippen MR) is 108 cm³/mol. The van der Waals surface area contributed by atoms with Crippen molar-refractivity contribution < 1.29 is 34.6 Å². The lowest BCUT2D eigenvalue weighted by Crippen LogP contribution is -2.62. The molecule has 1 aliphatic carbocycles. The van der Waals surface area contributed by atoms with E-state index in [-0.39, 0.29) is 44.8 Å². The molecule has 13 heteroatoms. The maximum absolute atomic E-state index is 13.4. The Morgan fingerprint density at radius 1 is 1.13 bits per heavy atom. The standard InChI is InChI=1S/C18H33F3N6O3S/c1-26-17-11(7-23-26)3-5-14(30-2)16(17)25-31(28,29)13-4-6-15(22-9-13)27-10-12(8-24-27)18(19,20)21/h11-17,22-25H,3-10H2,1-2H3/i1D3,2D3. The molecule has 4 rings (SSSR count). The molecule has 0 spiro atoms. The Kier molecular flexibility index (Phi) is 4.93. The van der Waals surface area contributed by atoms with E-state index in [0.717, 1.165) is 5.01 Å². The van der Waals surface area contributed by atoms with E-state index in [1.807, 2.05) is 0 Å². The van der Waals surface area contributed by atoms with Crippen molar-refractivity contribution in [1.82, 2.24) is 30.9 Å². The topological polar surface area (TPSA) is 98.0 Å². The number of fused-ring (bicyclic) bond motifs is 1. The molecule has 180 valence electrons. The number of nitrogens with zero attached hydrogens (tertiary/aromatic N) is 2. The Labute approximate surface area is 189 Å². The summed E-state index contributed by atoms with van der Waals surface area (Å²) in [5.41, 5.74) is 5.53. The van der Waals surface area contributed by atoms with Crippen LogP contribution in [0.15, 0.2) is 0 Å². The number of methoxy groups -OCH3 is 1. The summed E-state index contributed by atoms with van der Waals surface area (Å²) < 4.78 is 120. The number of hydrogen-bond donors (Lipinski definition) is 4. The van der Waals surface area contributed by atoms with Gasteiger partial charge in [0.05, 0.1) is 33.6 Å². The highest BCUT2D eigenvalue weighted by Gasteiger charge is 2.48. The van der Waals surface area contributed by atoms with Crippen molar-refractivity contribution in [2.24, 2.45) is 11.8 Å². The number of hydrazine groups is 2. The zero-order chi connectivity index (χ0) is 27.4. The lowest BCUT2D eigenvalue weighted by atomic mass is 9.80. The first-order chi connectivity index (χ1) is 17.0. The van der Waals surface area contributed by atoms with Crippen LogP contribution in [0.5, 0.6) is 0 Å². The predicted octanol–water partition coefficient (Wildman–Crippen LogP) is -0.405. The maximum Gasteiger partial charge on any atom is 0.394 e. The number of ether oxygens (including phenoxy) is 1. The average molecular weight is 477 g/mol. The van der Waals surface area contributed by atoms with Crippen molar-refractivity contribution in [1.29, 1.82) is 0 Å². The number of hydrogen-bond acceptors (Lipinski definition) is 8. The van der Waals surface area contributed by atoms with Gasteiger partial charge in [0.15, 0.2) is 0 Å². The van der Waals surface area contributed by atoms with Crippen LogP contribution in [0.4, 0.5) is 13.2 Å². The van der Waals surface area contributed by atoms with Gasteiger partial charge in [0, 0.05) is 50.3 Å². The molecule has 3 aliphatic heterocycles. The van der Waals surface area contributed by atoms with Gasteiger partial charge in [0.2, 0.25) is 10.0 Å². The molecule has 0 amide bonds. The number of alkyl halides is 3. The lowest BCUT2D eigenvalue weighted by Gasteiger charge is -2.42. The highest BCUT2D eigenvalue weighted by Crippen LogP contribution is 2.34. The summed E-state index contributed by atoms with van der Waals surface area (Å²) in [5, 5.41) is 4.50. The summed E-state index contributed by atoms with van der Waals surface area (Å²) in [6, 6.07) is -1.99. The second-order valence-electron chi connectivity index (χ2n) is 8.78. The zero-order valence-electron chi connectivity index (χ0n) is 22.9. The van der Waals surface area contributed by atoms with Gasteiger partial charge in [-0.3, -0.25) is 16.2 Å². The van der Waals surface area contributed by atoms with Crippen LogP contribution in [0.25, 0.3) is 0 Å². The molecule has 0 radical (unpaired) electrons. The van der Waals surface area contributed by atoms with Crippen LogP contribution in [0.2, 0.25) is 0 Å². The van der Waals surface area contributed by atoms with Crippen molar-refractivity contribution in [2.45, 2.75) is 61.5 Å². The first kappa shape index (κ1) is 17.0. The fraction of sp³-hybridized carbons (Fsp3) is 1.00. The first-order valence-corrected chi connectivity index (χ1v) is 12.0. The molecule has 4 N–H and O–H groups in total. The van der Waals surface area contributed by atoms with E-state index in [1.165, 1.54) is 5.01 Å². The summed E-state index contributed by atoms with van der Waals surface area (Å²) in [5.74, 6) is -1.74. The zero-order valence-corrected chi connectivity index (χ0v) is 17.7. The highest BCUT2D eigenvalue weighted by atomic mass is 32.2. The Morgan fingerprint density at radius 3 is 2.61 bits per heavy atom. The maximum atomic E-state index is 13.4. The molecule has 3 heterocycles. The normalized spacial score (nSPS) is 44.5. The molecular formula is C18H33F3N6O3S. The highest BCUT2D eigenvalue weighted by molar-refractivity contribution is 7.90. The Balaban J connectivity index is 1.45. The van der Waals surface area contributed by atoms with Crippen molar-refractivity contribution in [3.8, 4) is 0 Å². The quantitative estimate of drug-likeness (QED) is 0.426. The van der Waals surface area contributed by atoms with Gasteiger partial charge >= 0.3 is 6.18 Å². The van der Waals surface area contributed by atoms with Gasteiger partial charge in [-0.2, -0.15) is 13.2 Å². The molecule has 1 saturated carbocycles. The third kappa shape index (κ3) is 4.88. The third-order valence-corrected chi connectivity index (χ3v) is 8.81. The van der Waals surface area contributed by atoms with Gasteiger partial charge in [-0.15, -0.1) is 0 Å². The van der Waals surface area contributed by atoms with Crippen LogP contribution in [0, 0.1) is 11.8 Å². The molecule has 0 bridgehead atoms. The molecule has 9 nitrogen and oxygen atoms in total. The fourth-order valence-electron chi connectivity index (χ4n) is 5.12. The van der Waals surface area contributed by atoms with Crippen molar-refractivity contribution >= 4 is 10.0 Å². The van der Waals surface area contributed by atoms with Crippen LogP contribution in [-0.4, -0.2) is 94.4 Å². The van der Waals surface area contributed by atoms with E-state index in [9.17, 15) is 21.6 Å². The van der Waals surface area contributed by atoms with Gasteiger partial charge < -0.3 is 4.74 Å². The molecule has 3 saturated heterocycles. The number of likely N-dealkylation sites (N-methyl/N-ethyl adjacent to an activating group) is 1. The van der Waals surface area contributed by atoms with Gasteiger partial charge in [-0.05, 0) is 31.6 Å². The lowest BCUT2D eigenvalue weighted by molar-refractivity contribution is -0.167. The van der Waals surface area contributed by atoms with E-state index in [1.54, 1.807) is 0 Å². The monoisotopic (exact) mass is 476 g/mol. The number of sulfonamides is 1. The fourth-order valence-corrected chi connectivity index (χ4v) is 6.74. The van der Waals surface area contributed by atoms with Crippen molar-refractivity contribution in [2.75, 3.05) is 40.2 Å². The van der Waals surface area contributed by atoms with Crippen LogP contribution in [0.1, 0.15) is 33.9 Å². The van der Waals surface area contributed by atoms with Gasteiger partial charge in [0.25, 0.3) is 0 Å². The first-order valence-electron chi connectivity index (χ1n) is 13.5. The van der Waals surface area contributed by atoms with E-state index in [2.05, 4.69) is 20.9 Å². The number of rotatable bonds is 5. The smallest absolute Gasteiger partial charge is 0.380 e. The van der Waals surface area contributed by atoms with Gasteiger partial charge in [-0.1, -0.05) is 0 Å². The average Bonchev–Trinajstić information content (AvgIpc) is 3.42. The molecule has 4 aliphatic rings. The van der Waals surface area contributed by atoms with Crippen LogP contribution >= 0.6 is 0 Å². The van der Waals surface area contributed by atoms with E-state index >= 15 is 0 Å². The molecule has 4 fully saturated rings. The molecule has 0 aromatic carbocycles. The third-order valence-electron chi connectivity index (χ3n) is 6.93. The van der Waals surface area contributed by atoms with E-state index in [4.69, 9.17) is 13.0 Å². The van der Waals surface area contributed by atoms with Gasteiger partial charge in [0.1, 0.15) is 0 Å².